The molecule has 0 unspecified atom stereocenters. The summed E-state index contributed by atoms with van der Waals surface area (Å²) < 4.78 is 26.8. The van der Waals surface area contributed by atoms with Crippen molar-refractivity contribution in [2.75, 3.05) is 20.6 Å². The largest absolute Gasteiger partial charge is 0.356 e. The number of hydrogen-bond acceptors (Lipinski definition) is 1. The fraction of sp³-hybridized carbons (Fsp3) is 0.278. The molecule has 0 heterocycles. The molecule has 2 aromatic rings. The first-order valence-corrected chi connectivity index (χ1v) is 7.50. The summed E-state index contributed by atoms with van der Waals surface area (Å²) in [4.78, 5) is 6.10. The van der Waals surface area contributed by atoms with Gasteiger partial charge in [0.15, 0.2) is 5.96 Å². The van der Waals surface area contributed by atoms with Crippen LogP contribution in [0.2, 0.25) is 0 Å². The van der Waals surface area contributed by atoms with Crippen molar-refractivity contribution in [1.29, 1.82) is 0 Å². The first-order valence-electron chi connectivity index (χ1n) is 7.50. The van der Waals surface area contributed by atoms with Gasteiger partial charge in [-0.15, -0.1) is 24.0 Å². The van der Waals surface area contributed by atoms with Gasteiger partial charge in [-0.05, 0) is 35.7 Å². The van der Waals surface area contributed by atoms with Crippen LogP contribution in [-0.4, -0.2) is 31.5 Å². The normalized spacial score (nSPS) is 10.9. The van der Waals surface area contributed by atoms with Crippen LogP contribution in [0, 0.1) is 11.6 Å². The Balaban J connectivity index is 0.00000288. The molecule has 0 atom stereocenters. The zero-order chi connectivity index (χ0) is 16.7. The lowest BCUT2D eigenvalue weighted by Gasteiger charge is -2.22. The quantitative estimate of drug-likeness (QED) is 0.431. The second-order valence-electron chi connectivity index (χ2n) is 5.30. The predicted octanol–water partition coefficient (Wildman–Crippen LogP) is 3.83. The van der Waals surface area contributed by atoms with Crippen LogP contribution < -0.4 is 5.32 Å². The summed E-state index contributed by atoms with van der Waals surface area (Å²) in [6.07, 6.45) is 0.569. The molecule has 0 radical (unpaired) electrons. The molecule has 0 fully saturated rings. The first-order chi connectivity index (χ1) is 11.1. The fourth-order valence-electron chi connectivity index (χ4n) is 2.38. The van der Waals surface area contributed by atoms with Crippen molar-refractivity contribution in [3.05, 3.63) is 71.3 Å². The Kier molecular flexibility index (Phi) is 8.67. The van der Waals surface area contributed by atoms with Gasteiger partial charge in [-0.2, -0.15) is 0 Å². The predicted molar refractivity (Wildman–Crippen MR) is 105 cm³/mol. The van der Waals surface area contributed by atoms with Gasteiger partial charge in [0, 0.05) is 27.2 Å². The highest BCUT2D eigenvalue weighted by atomic mass is 127. The molecule has 0 spiro atoms. The molecule has 3 nitrogen and oxygen atoms in total. The van der Waals surface area contributed by atoms with Gasteiger partial charge in [0.25, 0.3) is 0 Å². The summed E-state index contributed by atoms with van der Waals surface area (Å²) in [6.45, 7) is 1.11. The summed E-state index contributed by atoms with van der Waals surface area (Å²) in [6, 6.07) is 13.2. The topological polar surface area (TPSA) is 27.6 Å². The van der Waals surface area contributed by atoms with Crippen LogP contribution in [0.25, 0.3) is 0 Å². The van der Waals surface area contributed by atoms with Gasteiger partial charge in [0.05, 0.1) is 0 Å². The van der Waals surface area contributed by atoms with Gasteiger partial charge >= 0.3 is 0 Å². The molecule has 0 saturated carbocycles. The number of rotatable bonds is 5. The van der Waals surface area contributed by atoms with Crippen molar-refractivity contribution >= 4 is 29.9 Å². The molecule has 0 aromatic heterocycles. The van der Waals surface area contributed by atoms with E-state index in [-0.39, 0.29) is 35.6 Å². The summed E-state index contributed by atoms with van der Waals surface area (Å²) in [5.41, 5.74) is 1.53. The van der Waals surface area contributed by atoms with Crippen molar-refractivity contribution in [2.45, 2.75) is 13.0 Å². The van der Waals surface area contributed by atoms with Crippen molar-refractivity contribution in [3.63, 3.8) is 0 Å². The highest BCUT2D eigenvalue weighted by Gasteiger charge is 2.07. The molecule has 2 aromatic carbocycles. The lowest BCUT2D eigenvalue weighted by atomic mass is 10.1. The monoisotopic (exact) mass is 445 g/mol. The average molecular weight is 445 g/mol. The number of halogens is 3. The van der Waals surface area contributed by atoms with Crippen LogP contribution in [0.4, 0.5) is 8.78 Å². The van der Waals surface area contributed by atoms with E-state index in [2.05, 4.69) is 10.3 Å². The molecule has 1 N–H and O–H groups in total. The molecule has 0 amide bonds. The highest BCUT2D eigenvalue weighted by molar-refractivity contribution is 14.0. The van der Waals surface area contributed by atoms with E-state index in [1.807, 2.05) is 24.1 Å². The number of benzene rings is 2. The Labute approximate surface area is 158 Å². The van der Waals surface area contributed by atoms with Crippen molar-refractivity contribution in [1.82, 2.24) is 10.2 Å². The zero-order valence-electron chi connectivity index (χ0n) is 13.8. The Bertz CT molecular complexity index is 677. The Hall–Kier alpha value is -1.70. The number of nitrogens with zero attached hydrogens (tertiary/aromatic N) is 2. The number of hydrogen-bond donors (Lipinski definition) is 1. The standard InChI is InChI=1S/C18H21F2N3.HI/c1-21-18(22-11-10-15-7-3-4-9-17(15)20)23(2)13-14-6-5-8-16(19)12-14;/h3-9,12H,10-11,13H2,1-2H3,(H,21,22);1H. The SMILES string of the molecule is CN=C(NCCc1ccccc1F)N(C)Cc1cccc(F)c1.I. The van der Waals surface area contributed by atoms with Crippen LogP contribution >= 0.6 is 24.0 Å². The lowest BCUT2D eigenvalue weighted by molar-refractivity contribution is 0.474. The lowest BCUT2D eigenvalue weighted by Crippen LogP contribution is -2.39. The van der Waals surface area contributed by atoms with Gasteiger partial charge in [0.1, 0.15) is 11.6 Å². The molecule has 130 valence electrons. The van der Waals surface area contributed by atoms with Crippen molar-refractivity contribution in [2.24, 2.45) is 4.99 Å². The average Bonchev–Trinajstić information content (AvgIpc) is 2.53. The first kappa shape index (κ1) is 20.3. The smallest absolute Gasteiger partial charge is 0.193 e. The van der Waals surface area contributed by atoms with Crippen LogP contribution in [0.1, 0.15) is 11.1 Å². The third-order valence-electron chi connectivity index (χ3n) is 3.52. The van der Waals surface area contributed by atoms with Gasteiger partial charge in [-0.1, -0.05) is 30.3 Å². The number of guanidine groups is 1. The van der Waals surface area contributed by atoms with E-state index in [1.165, 1.54) is 18.2 Å². The second kappa shape index (κ2) is 10.2. The third kappa shape index (κ3) is 6.07. The Morgan fingerprint density at radius 3 is 2.54 bits per heavy atom. The molecule has 0 aliphatic heterocycles. The van der Waals surface area contributed by atoms with Crippen LogP contribution in [0.3, 0.4) is 0 Å². The molecular weight excluding hydrogens is 423 g/mol. The van der Waals surface area contributed by atoms with E-state index in [0.717, 1.165) is 5.56 Å². The maximum Gasteiger partial charge on any atom is 0.193 e. The molecule has 0 aliphatic rings. The molecule has 2 rings (SSSR count). The maximum atomic E-state index is 13.6. The van der Waals surface area contributed by atoms with E-state index < -0.39 is 0 Å². The van der Waals surface area contributed by atoms with E-state index in [9.17, 15) is 8.78 Å². The summed E-state index contributed by atoms with van der Waals surface area (Å²) in [5, 5.41) is 3.20. The highest BCUT2D eigenvalue weighted by Crippen LogP contribution is 2.08. The Morgan fingerprint density at radius 2 is 1.88 bits per heavy atom. The minimum atomic E-state index is -0.251. The van der Waals surface area contributed by atoms with Crippen molar-refractivity contribution < 1.29 is 8.78 Å². The van der Waals surface area contributed by atoms with Gasteiger partial charge in [-0.3, -0.25) is 4.99 Å². The molecule has 0 bridgehead atoms. The van der Waals surface area contributed by atoms with E-state index in [1.54, 1.807) is 25.2 Å². The van der Waals surface area contributed by atoms with E-state index in [0.29, 0.717) is 31.0 Å². The zero-order valence-corrected chi connectivity index (χ0v) is 16.1. The second-order valence-corrected chi connectivity index (χ2v) is 5.30. The Morgan fingerprint density at radius 1 is 1.12 bits per heavy atom. The molecule has 0 aliphatic carbocycles. The third-order valence-corrected chi connectivity index (χ3v) is 3.52. The maximum absolute atomic E-state index is 13.6. The summed E-state index contributed by atoms with van der Waals surface area (Å²) >= 11 is 0. The van der Waals surface area contributed by atoms with Gasteiger partial charge in [-0.25, -0.2) is 8.78 Å². The minimum absolute atomic E-state index is 0. The van der Waals surface area contributed by atoms with Crippen LogP contribution in [0.5, 0.6) is 0 Å². The van der Waals surface area contributed by atoms with Crippen molar-refractivity contribution in [3.8, 4) is 0 Å². The molecule has 6 heteroatoms. The minimum Gasteiger partial charge on any atom is -0.356 e. The van der Waals surface area contributed by atoms with Crippen LogP contribution in [0.15, 0.2) is 53.5 Å². The van der Waals surface area contributed by atoms with E-state index >= 15 is 0 Å². The fourth-order valence-corrected chi connectivity index (χ4v) is 2.38. The molecule has 0 saturated heterocycles. The summed E-state index contributed by atoms with van der Waals surface area (Å²) in [7, 11) is 3.57. The van der Waals surface area contributed by atoms with E-state index in [4.69, 9.17) is 0 Å². The number of nitrogens with one attached hydrogen (secondary N) is 1. The molecular formula is C18H22F2IN3. The number of aliphatic imine (C=N–C) groups is 1. The van der Waals surface area contributed by atoms with Crippen LogP contribution in [-0.2, 0) is 13.0 Å². The summed E-state index contributed by atoms with van der Waals surface area (Å²) in [5.74, 6) is 0.237. The van der Waals surface area contributed by atoms with Gasteiger partial charge in [0.2, 0.25) is 0 Å². The molecule has 24 heavy (non-hydrogen) atoms. The van der Waals surface area contributed by atoms with Gasteiger partial charge < -0.3 is 10.2 Å².